The molecule has 0 spiro atoms. The number of rotatable bonds is 8. The predicted molar refractivity (Wildman–Crippen MR) is 142 cm³/mol. The second kappa shape index (κ2) is 11.2. The first-order chi connectivity index (χ1) is 17.7. The first-order valence-electron chi connectivity index (χ1n) is 11.6. The molecule has 0 bridgehead atoms. The van der Waals surface area contributed by atoms with E-state index in [9.17, 15) is 14.7 Å². The Morgan fingerprint density at radius 2 is 1.84 bits per heavy atom. The third kappa shape index (κ3) is 5.58. The number of Topliss-reactive ketones (excluding diaryl/α,β-unsaturated/α-hetero) is 1. The standard InChI is InChI=1S/C28H26Cl2N2O5/c1-16(2)15-37-20-8-4-7-18(10-20)24-23(25(33)19-11-21(29)27(36-3)22(30)12-19)26(34)28(35)32(24)14-17-6-5-9-31-13-17/h4-13,16,24,33H,14-15H2,1-3H3/b25-23+. The predicted octanol–water partition coefficient (Wildman–Crippen LogP) is 6.05. The van der Waals surface area contributed by atoms with E-state index in [1.807, 2.05) is 26.0 Å². The Bertz CT molecular complexity index is 1330. The molecule has 0 radical (unpaired) electrons. The summed E-state index contributed by atoms with van der Waals surface area (Å²) in [6.45, 7) is 4.69. The number of pyridine rings is 1. The third-order valence-electron chi connectivity index (χ3n) is 5.85. The van der Waals surface area contributed by atoms with Gasteiger partial charge < -0.3 is 19.5 Å². The number of aliphatic hydroxyl groups excluding tert-OH is 1. The van der Waals surface area contributed by atoms with Crippen molar-refractivity contribution in [1.29, 1.82) is 0 Å². The summed E-state index contributed by atoms with van der Waals surface area (Å²) in [5, 5.41) is 11.7. The Balaban J connectivity index is 1.86. The van der Waals surface area contributed by atoms with Crippen LogP contribution in [0.15, 0.2) is 66.5 Å². The Hall–Kier alpha value is -3.55. The highest BCUT2D eigenvalue weighted by molar-refractivity contribution is 6.46. The summed E-state index contributed by atoms with van der Waals surface area (Å²) >= 11 is 12.6. The van der Waals surface area contributed by atoms with Crippen LogP contribution in [-0.2, 0) is 16.1 Å². The summed E-state index contributed by atoms with van der Waals surface area (Å²) in [5.41, 5.74) is 1.45. The second-order valence-electron chi connectivity index (χ2n) is 9.04. The molecule has 1 aromatic heterocycles. The number of hydrogen-bond donors (Lipinski definition) is 1. The fourth-order valence-corrected chi connectivity index (χ4v) is 4.80. The smallest absolute Gasteiger partial charge is 0.295 e. The molecule has 3 aromatic rings. The molecule has 1 amide bonds. The van der Waals surface area contributed by atoms with Crippen LogP contribution in [0.1, 0.15) is 36.6 Å². The Morgan fingerprint density at radius 3 is 2.46 bits per heavy atom. The lowest BCUT2D eigenvalue weighted by Gasteiger charge is -2.26. The molecule has 1 N–H and O–H groups in total. The third-order valence-corrected chi connectivity index (χ3v) is 6.41. The molecule has 37 heavy (non-hydrogen) atoms. The van der Waals surface area contributed by atoms with Gasteiger partial charge in [-0.3, -0.25) is 14.6 Å². The number of carbonyl (C=O) groups is 2. The quantitative estimate of drug-likeness (QED) is 0.212. The molecule has 1 aliphatic rings. The van der Waals surface area contributed by atoms with Gasteiger partial charge in [-0.1, -0.05) is 55.2 Å². The fourth-order valence-electron chi connectivity index (χ4n) is 4.16. The van der Waals surface area contributed by atoms with Gasteiger partial charge in [0.15, 0.2) is 5.75 Å². The van der Waals surface area contributed by atoms with E-state index in [0.29, 0.717) is 23.8 Å². The number of nitrogens with zero attached hydrogens (tertiary/aromatic N) is 2. The van der Waals surface area contributed by atoms with Crippen molar-refractivity contribution in [3.05, 3.63) is 93.2 Å². The van der Waals surface area contributed by atoms with E-state index < -0.39 is 23.5 Å². The first kappa shape index (κ1) is 26.5. The van der Waals surface area contributed by atoms with Crippen molar-refractivity contribution < 1.29 is 24.2 Å². The van der Waals surface area contributed by atoms with Crippen LogP contribution >= 0.6 is 23.2 Å². The average Bonchev–Trinajstić information content (AvgIpc) is 3.12. The maximum Gasteiger partial charge on any atom is 0.295 e. The highest BCUT2D eigenvalue weighted by Gasteiger charge is 2.46. The van der Waals surface area contributed by atoms with Crippen LogP contribution in [0.4, 0.5) is 0 Å². The number of likely N-dealkylation sites (tertiary alicyclic amines) is 1. The van der Waals surface area contributed by atoms with E-state index in [0.717, 1.165) is 5.56 Å². The average molecular weight is 541 g/mol. The summed E-state index contributed by atoms with van der Waals surface area (Å²) in [6, 6.07) is 12.7. The largest absolute Gasteiger partial charge is 0.507 e. The maximum atomic E-state index is 13.4. The van der Waals surface area contributed by atoms with Crippen molar-refractivity contribution in [2.45, 2.75) is 26.4 Å². The Kier molecular flexibility index (Phi) is 8.05. The molecule has 0 aliphatic carbocycles. The first-order valence-corrected chi connectivity index (χ1v) is 12.4. The maximum absolute atomic E-state index is 13.4. The molecule has 4 rings (SSSR count). The number of ketones is 1. The monoisotopic (exact) mass is 540 g/mol. The van der Waals surface area contributed by atoms with Gasteiger partial charge in [0.2, 0.25) is 0 Å². The van der Waals surface area contributed by atoms with Gasteiger partial charge in [0, 0.05) is 24.5 Å². The van der Waals surface area contributed by atoms with Gasteiger partial charge in [-0.2, -0.15) is 0 Å². The van der Waals surface area contributed by atoms with Gasteiger partial charge in [-0.05, 0) is 47.4 Å². The minimum atomic E-state index is -0.887. The van der Waals surface area contributed by atoms with Gasteiger partial charge in [-0.25, -0.2) is 0 Å². The van der Waals surface area contributed by atoms with E-state index in [-0.39, 0.29) is 33.5 Å². The molecule has 1 saturated heterocycles. The van der Waals surface area contributed by atoms with Gasteiger partial charge in [-0.15, -0.1) is 0 Å². The zero-order chi connectivity index (χ0) is 26.7. The lowest BCUT2D eigenvalue weighted by molar-refractivity contribution is -0.140. The minimum Gasteiger partial charge on any atom is -0.507 e. The van der Waals surface area contributed by atoms with Crippen LogP contribution in [-0.4, -0.2) is 40.4 Å². The molecule has 1 atom stereocenters. The Labute approximate surface area is 225 Å². The number of amides is 1. The number of aromatic nitrogens is 1. The number of carbonyl (C=O) groups excluding carboxylic acids is 2. The summed E-state index contributed by atoms with van der Waals surface area (Å²) in [7, 11) is 1.42. The summed E-state index contributed by atoms with van der Waals surface area (Å²) in [4.78, 5) is 32.2. The molecule has 2 heterocycles. The van der Waals surface area contributed by atoms with E-state index in [4.69, 9.17) is 32.7 Å². The van der Waals surface area contributed by atoms with Gasteiger partial charge in [0.25, 0.3) is 11.7 Å². The minimum absolute atomic E-state index is 0.0767. The number of aliphatic hydroxyl groups is 1. The molecular formula is C28H26Cl2N2O5. The van der Waals surface area contributed by atoms with Crippen molar-refractivity contribution in [1.82, 2.24) is 9.88 Å². The highest BCUT2D eigenvalue weighted by Crippen LogP contribution is 2.43. The molecule has 2 aromatic carbocycles. The number of hydrogen-bond acceptors (Lipinski definition) is 6. The molecule has 1 fully saturated rings. The molecule has 9 heteroatoms. The SMILES string of the molecule is COc1c(Cl)cc(/C(O)=C2\C(=O)C(=O)N(Cc3cccnc3)C2c2cccc(OCC(C)C)c2)cc1Cl. The number of methoxy groups -OCH3 is 1. The molecule has 7 nitrogen and oxygen atoms in total. The summed E-state index contributed by atoms with van der Waals surface area (Å²) < 4.78 is 11.1. The van der Waals surface area contributed by atoms with Crippen LogP contribution in [0, 0.1) is 5.92 Å². The van der Waals surface area contributed by atoms with Crippen LogP contribution in [0.5, 0.6) is 11.5 Å². The molecule has 0 saturated carbocycles. The van der Waals surface area contributed by atoms with Crippen molar-refractivity contribution >= 4 is 40.7 Å². The fraction of sp³-hybridized carbons (Fsp3) is 0.250. The van der Waals surface area contributed by atoms with Crippen molar-refractivity contribution in [2.75, 3.05) is 13.7 Å². The molecule has 1 unspecified atom stereocenters. The zero-order valence-electron chi connectivity index (χ0n) is 20.6. The molecule has 192 valence electrons. The zero-order valence-corrected chi connectivity index (χ0v) is 22.1. The molecule has 1 aliphatic heterocycles. The number of benzene rings is 2. The summed E-state index contributed by atoms with van der Waals surface area (Å²) in [6.07, 6.45) is 3.25. The van der Waals surface area contributed by atoms with Gasteiger partial charge >= 0.3 is 0 Å². The van der Waals surface area contributed by atoms with Crippen molar-refractivity contribution in [3.8, 4) is 11.5 Å². The lowest BCUT2D eigenvalue weighted by atomic mass is 9.95. The van der Waals surface area contributed by atoms with E-state index in [1.165, 1.54) is 24.1 Å². The normalized spacial score (nSPS) is 16.9. The lowest BCUT2D eigenvalue weighted by Crippen LogP contribution is -2.29. The van der Waals surface area contributed by atoms with Crippen molar-refractivity contribution in [2.24, 2.45) is 5.92 Å². The van der Waals surface area contributed by atoms with E-state index in [1.54, 1.807) is 36.7 Å². The van der Waals surface area contributed by atoms with E-state index in [2.05, 4.69) is 4.98 Å². The van der Waals surface area contributed by atoms with Crippen LogP contribution in [0.25, 0.3) is 5.76 Å². The topological polar surface area (TPSA) is 89.0 Å². The van der Waals surface area contributed by atoms with Gasteiger partial charge in [0.05, 0.1) is 35.4 Å². The second-order valence-corrected chi connectivity index (χ2v) is 9.85. The molecular weight excluding hydrogens is 515 g/mol. The Morgan fingerprint density at radius 1 is 1.11 bits per heavy atom. The number of ether oxygens (including phenoxy) is 2. The highest BCUT2D eigenvalue weighted by atomic mass is 35.5. The van der Waals surface area contributed by atoms with Crippen LogP contribution < -0.4 is 9.47 Å². The van der Waals surface area contributed by atoms with Crippen LogP contribution in [0.2, 0.25) is 10.0 Å². The van der Waals surface area contributed by atoms with Crippen molar-refractivity contribution in [3.63, 3.8) is 0 Å². The number of halogens is 2. The van der Waals surface area contributed by atoms with E-state index >= 15 is 0 Å². The van der Waals surface area contributed by atoms with Gasteiger partial charge in [0.1, 0.15) is 11.5 Å². The van der Waals surface area contributed by atoms with Crippen LogP contribution in [0.3, 0.4) is 0 Å². The summed E-state index contributed by atoms with van der Waals surface area (Å²) in [5.74, 6) is -0.809.